The molecule has 0 heterocycles. The summed E-state index contributed by atoms with van der Waals surface area (Å²) in [5.41, 5.74) is 8.53. The Bertz CT molecular complexity index is 608. The molecule has 0 aliphatic carbocycles. The second kappa shape index (κ2) is 6.48. The van der Waals surface area contributed by atoms with E-state index >= 15 is 0 Å². The Kier molecular flexibility index (Phi) is 4.69. The fourth-order valence-corrected chi connectivity index (χ4v) is 2.74. The highest BCUT2D eigenvalue weighted by atomic mass is 32.2. The van der Waals surface area contributed by atoms with Crippen LogP contribution in [0.15, 0.2) is 52.3 Å². The molecule has 2 aromatic carbocycles. The van der Waals surface area contributed by atoms with E-state index in [0.29, 0.717) is 5.56 Å². The highest BCUT2D eigenvalue weighted by molar-refractivity contribution is 7.99. The van der Waals surface area contributed by atoms with Gasteiger partial charge in [0.2, 0.25) is 0 Å². The molecule has 2 aromatic rings. The molecule has 0 saturated carbocycles. The van der Waals surface area contributed by atoms with Gasteiger partial charge >= 0.3 is 5.97 Å². The van der Waals surface area contributed by atoms with Crippen LogP contribution in [0.5, 0.6) is 0 Å². The molecular weight excluding hydrogens is 270 g/mol. The molecule has 0 bridgehead atoms. The Morgan fingerprint density at radius 1 is 1.15 bits per heavy atom. The van der Waals surface area contributed by atoms with E-state index in [2.05, 4.69) is 23.8 Å². The van der Waals surface area contributed by atoms with Gasteiger partial charge in [0, 0.05) is 15.5 Å². The first-order chi connectivity index (χ1) is 9.63. The number of hydrogen-bond donors (Lipinski definition) is 1. The molecule has 20 heavy (non-hydrogen) atoms. The Balaban J connectivity index is 2.14. The standard InChI is InChI=1S/C16H17NO2S/c1-3-11-4-9-14(10-15(11)17)20-13-7-5-12(6-8-13)16(18)19-2/h4-10H,3,17H2,1-2H3. The molecule has 0 saturated heterocycles. The Labute approximate surface area is 123 Å². The second-order valence-corrected chi connectivity index (χ2v) is 5.48. The van der Waals surface area contributed by atoms with Crippen LogP contribution < -0.4 is 5.73 Å². The van der Waals surface area contributed by atoms with Gasteiger partial charge in [0.15, 0.2) is 0 Å². The predicted molar refractivity (Wildman–Crippen MR) is 82.1 cm³/mol. The maximum atomic E-state index is 11.4. The molecule has 0 spiro atoms. The summed E-state index contributed by atoms with van der Waals surface area (Å²) in [7, 11) is 1.38. The molecule has 0 radical (unpaired) electrons. The zero-order valence-electron chi connectivity index (χ0n) is 11.6. The van der Waals surface area contributed by atoms with E-state index in [4.69, 9.17) is 5.73 Å². The molecule has 0 aliphatic heterocycles. The van der Waals surface area contributed by atoms with Crippen LogP contribution >= 0.6 is 11.8 Å². The number of methoxy groups -OCH3 is 1. The predicted octanol–water partition coefficient (Wildman–Crippen LogP) is 3.77. The normalized spacial score (nSPS) is 10.3. The number of carbonyl (C=O) groups excluding carboxylic acids is 1. The Morgan fingerprint density at radius 3 is 2.35 bits per heavy atom. The van der Waals surface area contributed by atoms with Gasteiger partial charge in [-0.3, -0.25) is 0 Å². The van der Waals surface area contributed by atoms with Crippen molar-refractivity contribution < 1.29 is 9.53 Å². The van der Waals surface area contributed by atoms with E-state index in [1.165, 1.54) is 7.11 Å². The summed E-state index contributed by atoms with van der Waals surface area (Å²) in [6, 6.07) is 13.4. The van der Waals surface area contributed by atoms with E-state index in [1.54, 1.807) is 23.9 Å². The molecular formula is C16H17NO2S. The summed E-state index contributed by atoms with van der Waals surface area (Å²) in [5.74, 6) is -0.321. The lowest BCUT2D eigenvalue weighted by molar-refractivity contribution is 0.0600. The van der Waals surface area contributed by atoms with Crippen molar-refractivity contribution in [1.82, 2.24) is 0 Å². The first-order valence-electron chi connectivity index (χ1n) is 6.38. The Morgan fingerprint density at radius 2 is 1.80 bits per heavy atom. The van der Waals surface area contributed by atoms with Gasteiger partial charge in [0.1, 0.15) is 0 Å². The summed E-state index contributed by atoms with van der Waals surface area (Å²) in [5, 5.41) is 0. The fourth-order valence-electron chi connectivity index (χ4n) is 1.87. The number of benzene rings is 2. The van der Waals surface area contributed by atoms with Gasteiger partial charge in [-0.15, -0.1) is 0 Å². The second-order valence-electron chi connectivity index (χ2n) is 4.33. The van der Waals surface area contributed by atoms with E-state index in [9.17, 15) is 4.79 Å². The van der Waals surface area contributed by atoms with Crippen molar-refractivity contribution in [2.24, 2.45) is 0 Å². The topological polar surface area (TPSA) is 52.3 Å². The van der Waals surface area contributed by atoms with Crippen molar-refractivity contribution in [3.05, 3.63) is 53.6 Å². The van der Waals surface area contributed by atoms with E-state index in [-0.39, 0.29) is 5.97 Å². The molecule has 0 amide bonds. The molecule has 0 aliphatic rings. The van der Waals surface area contributed by atoms with Crippen molar-refractivity contribution in [3.8, 4) is 0 Å². The molecule has 2 N–H and O–H groups in total. The summed E-state index contributed by atoms with van der Waals surface area (Å²) in [4.78, 5) is 13.5. The van der Waals surface area contributed by atoms with Crippen molar-refractivity contribution in [1.29, 1.82) is 0 Å². The van der Waals surface area contributed by atoms with Crippen LogP contribution in [0.25, 0.3) is 0 Å². The lowest BCUT2D eigenvalue weighted by atomic mass is 10.1. The summed E-state index contributed by atoms with van der Waals surface area (Å²) in [6.45, 7) is 2.09. The average molecular weight is 287 g/mol. The number of aryl methyl sites for hydroxylation is 1. The quantitative estimate of drug-likeness (QED) is 0.687. The average Bonchev–Trinajstić information content (AvgIpc) is 2.47. The fraction of sp³-hybridized carbons (Fsp3) is 0.188. The minimum atomic E-state index is -0.321. The van der Waals surface area contributed by atoms with Gasteiger partial charge in [-0.1, -0.05) is 24.8 Å². The van der Waals surface area contributed by atoms with Crippen molar-refractivity contribution in [2.75, 3.05) is 12.8 Å². The minimum Gasteiger partial charge on any atom is -0.465 e. The van der Waals surface area contributed by atoms with Gasteiger partial charge in [0.05, 0.1) is 12.7 Å². The van der Waals surface area contributed by atoms with Crippen LogP contribution in [0.1, 0.15) is 22.8 Å². The molecule has 4 heteroatoms. The summed E-state index contributed by atoms with van der Waals surface area (Å²) < 4.78 is 4.67. The molecule has 0 atom stereocenters. The van der Waals surface area contributed by atoms with E-state index in [0.717, 1.165) is 27.5 Å². The van der Waals surface area contributed by atoms with Crippen LogP contribution in [0.4, 0.5) is 5.69 Å². The lowest BCUT2D eigenvalue weighted by Crippen LogP contribution is -2.00. The number of carbonyl (C=O) groups is 1. The largest absolute Gasteiger partial charge is 0.465 e. The molecule has 3 nitrogen and oxygen atoms in total. The number of rotatable bonds is 4. The van der Waals surface area contributed by atoms with Crippen LogP contribution in [0, 0.1) is 0 Å². The summed E-state index contributed by atoms with van der Waals surface area (Å²) in [6.07, 6.45) is 0.935. The molecule has 0 fully saturated rings. The third kappa shape index (κ3) is 3.33. The lowest BCUT2D eigenvalue weighted by Gasteiger charge is -2.07. The molecule has 2 rings (SSSR count). The molecule has 104 valence electrons. The van der Waals surface area contributed by atoms with Crippen LogP contribution in [-0.2, 0) is 11.2 Å². The number of hydrogen-bond acceptors (Lipinski definition) is 4. The maximum absolute atomic E-state index is 11.4. The monoisotopic (exact) mass is 287 g/mol. The number of ether oxygens (including phenoxy) is 1. The van der Waals surface area contributed by atoms with Crippen molar-refractivity contribution in [2.45, 2.75) is 23.1 Å². The van der Waals surface area contributed by atoms with Gasteiger partial charge in [-0.2, -0.15) is 0 Å². The van der Waals surface area contributed by atoms with Gasteiger partial charge in [0.25, 0.3) is 0 Å². The SMILES string of the molecule is CCc1ccc(Sc2ccc(C(=O)OC)cc2)cc1N. The smallest absolute Gasteiger partial charge is 0.337 e. The zero-order valence-corrected chi connectivity index (χ0v) is 12.4. The molecule has 0 unspecified atom stereocenters. The van der Waals surface area contributed by atoms with Crippen LogP contribution in [0.3, 0.4) is 0 Å². The van der Waals surface area contributed by atoms with E-state index < -0.39 is 0 Å². The number of esters is 1. The van der Waals surface area contributed by atoms with Crippen molar-refractivity contribution >= 4 is 23.4 Å². The number of nitrogen functional groups attached to an aromatic ring is 1. The highest BCUT2D eigenvalue weighted by Crippen LogP contribution is 2.30. The van der Waals surface area contributed by atoms with Gasteiger partial charge in [-0.25, -0.2) is 4.79 Å². The maximum Gasteiger partial charge on any atom is 0.337 e. The van der Waals surface area contributed by atoms with Crippen LogP contribution in [-0.4, -0.2) is 13.1 Å². The Hall–Kier alpha value is -1.94. The number of nitrogens with two attached hydrogens (primary N) is 1. The summed E-state index contributed by atoms with van der Waals surface area (Å²) >= 11 is 1.62. The van der Waals surface area contributed by atoms with E-state index in [1.807, 2.05) is 18.2 Å². The molecule has 0 aromatic heterocycles. The number of anilines is 1. The van der Waals surface area contributed by atoms with Crippen molar-refractivity contribution in [3.63, 3.8) is 0 Å². The van der Waals surface area contributed by atoms with Gasteiger partial charge in [-0.05, 0) is 48.4 Å². The highest BCUT2D eigenvalue weighted by Gasteiger charge is 2.06. The third-order valence-corrected chi connectivity index (χ3v) is 4.01. The third-order valence-electron chi connectivity index (χ3n) is 3.01. The first-order valence-corrected chi connectivity index (χ1v) is 7.20. The first kappa shape index (κ1) is 14.5. The zero-order chi connectivity index (χ0) is 14.5. The van der Waals surface area contributed by atoms with Gasteiger partial charge < -0.3 is 10.5 Å². The van der Waals surface area contributed by atoms with Crippen LogP contribution in [0.2, 0.25) is 0 Å². The minimum absolute atomic E-state index is 0.321.